The molecule has 30 heavy (non-hydrogen) atoms. The van der Waals surface area contributed by atoms with Crippen LogP contribution in [0.25, 0.3) is 0 Å². The molecule has 1 aliphatic rings. The fraction of sp³-hybridized carbons (Fsp3) is 0.364. The van der Waals surface area contributed by atoms with E-state index in [1.54, 1.807) is 18.1 Å². The molecule has 0 saturated carbocycles. The summed E-state index contributed by atoms with van der Waals surface area (Å²) in [4.78, 5) is 26.2. The van der Waals surface area contributed by atoms with Crippen LogP contribution >= 0.6 is 11.6 Å². The molecule has 0 spiro atoms. The number of carbonyl (C=O) groups is 2. The zero-order valence-electron chi connectivity index (χ0n) is 17.2. The molecule has 0 unspecified atom stereocenters. The first-order valence-electron chi connectivity index (χ1n) is 9.62. The lowest BCUT2D eigenvalue weighted by Gasteiger charge is -2.32. The number of anilines is 1. The summed E-state index contributed by atoms with van der Waals surface area (Å²) in [7, 11) is 2.85. The Labute approximate surface area is 180 Å². The van der Waals surface area contributed by atoms with Gasteiger partial charge in [-0.2, -0.15) is 0 Å². The fourth-order valence-electron chi connectivity index (χ4n) is 3.63. The number of ether oxygens (including phenoxy) is 3. The van der Waals surface area contributed by atoms with Gasteiger partial charge < -0.3 is 24.8 Å². The zero-order valence-corrected chi connectivity index (χ0v) is 18.0. The molecule has 1 amide bonds. The quantitative estimate of drug-likeness (QED) is 0.572. The van der Waals surface area contributed by atoms with E-state index in [2.05, 4.69) is 4.74 Å². The standard InChI is InChI=1S/C22H25ClN2O5/c1-13-9-16(30-22(27)29-3)11-18(23)17(13)12-19(24)21(26)25-8-4-5-14-10-15(28-2)6-7-20(14)25/h6-7,9-11,19H,4-5,8,12,24H2,1-3H3/t19-/m1/s1. The molecular formula is C22H25ClN2O5. The molecule has 2 aromatic rings. The van der Waals surface area contributed by atoms with E-state index >= 15 is 0 Å². The van der Waals surface area contributed by atoms with Gasteiger partial charge in [0.05, 0.1) is 20.3 Å². The highest BCUT2D eigenvalue weighted by Crippen LogP contribution is 2.32. The normalized spacial score (nSPS) is 14.0. The summed E-state index contributed by atoms with van der Waals surface area (Å²) in [6, 6.07) is 8.12. The van der Waals surface area contributed by atoms with Crippen molar-refractivity contribution >= 4 is 29.4 Å². The van der Waals surface area contributed by atoms with Gasteiger partial charge in [0.15, 0.2) is 0 Å². The largest absolute Gasteiger partial charge is 0.513 e. The van der Waals surface area contributed by atoms with E-state index in [0.29, 0.717) is 11.6 Å². The number of benzene rings is 2. The molecule has 2 aromatic carbocycles. The van der Waals surface area contributed by atoms with Crippen molar-refractivity contribution in [2.45, 2.75) is 32.2 Å². The van der Waals surface area contributed by atoms with Gasteiger partial charge in [-0.25, -0.2) is 4.79 Å². The number of rotatable bonds is 5. The van der Waals surface area contributed by atoms with Gasteiger partial charge in [-0.15, -0.1) is 0 Å². The van der Waals surface area contributed by atoms with Gasteiger partial charge in [0.2, 0.25) is 5.91 Å². The van der Waals surface area contributed by atoms with Gasteiger partial charge in [-0.1, -0.05) is 11.6 Å². The van der Waals surface area contributed by atoms with Crippen LogP contribution in [0.2, 0.25) is 5.02 Å². The fourth-order valence-corrected chi connectivity index (χ4v) is 3.97. The second kappa shape index (κ2) is 9.36. The van der Waals surface area contributed by atoms with E-state index in [0.717, 1.165) is 41.0 Å². The van der Waals surface area contributed by atoms with Crippen LogP contribution in [-0.2, 0) is 22.4 Å². The number of hydrogen-bond acceptors (Lipinski definition) is 6. The van der Waals surface area contributed by atoms with Gasteiger partial charge in [0, 0.05) is 17.3 Å². The van der Waals surface area contributed by atoms with Crippen LogP contribution in [0.5, 0.6) is 11.5 Å². The maximum absolute atomic E-state index is 13.1. The van der Waals surface area contributed by atoms with Gasteiger partial charge in [0.1, 0.15) is 11.5 Å². The first kappa shape index (κ1) is 21.9. The van der Waals surface area contributed by atoms with E-state index in [1.807, 2.05) is 25.1 Å². The number of hydrogen-bond donors (Lipinski definition) is 1. The topological polar surface area (TPSA) is 91.1 Å². The number of fused-ring (bicyclic) bond motifs is 1. The van der Waals surface area contributed by atoms with Crippen molar-refractivity contribution in [3.8, 4) is 11.5 Å². The number of amides is 1. The van der Waals surface area contributed by atoms with Crippen molar-refractivity contribution in [2.24, 2.45) is 5.73 Å². The minimum absolute atomic E-state index is 0.161. The third-order valence-electron chi connectivity index (χ3n) is 5.17. The Morgan fingerprint density at radius 1 is 1.20 bits per heavy atom. The Morgan fingerprint density at radius 3 is 2.63 bits per heavy atom. The van der Waals surface area contributed by atoms with Crippen LogP contribution in [0.1, 0.15) is 23.1 Å². The zero-order chi connectivity index (χ0) is 21.8. The second-order valence-electron chi connectivity index (χ2n) is 7.16. The van der Waals surface area contributed by atoms with Crippen molar-refractivity contribution in [1.82, 2.24) is 0 Å². The Bertz CT molecular complexity index is 940. The van der Waals surface area contributed by atoms with Crippen LogP contribution in [-0.4, -0.2) is 38.9 Å². The number of aryl methyl sites for hydroxylation is 2. The smallest absolute Gasteiger partial charge is 0.497 e. The molecule has 0 aromatic heterocycles. The predicted molar refractivity (Wildman–Crippen MR) is 115 cm³/mol. The van der Waals surface area contributed by atoms with E-state index in [-0.39, 0.29) is 18.1 Å². The molecule has 0 saturated heterocycles. The minimum atomic E-state index is -0.828. The number of nitrogens with zero attached hydrogens (tertiary/aromatic N) is 1. The van der Waals surface area contributed by atoms with Crippen molar-refractivity contribution in [3.05, 3.63) is 52.0 Å². The molecule has 160 valence electrons. The third-order valence-corrected chi connectivity index (χ3v) is 5.51. The molecule has 1 aliphatic heterocycles. The van der Waals surface area contributed by atoms with Gasteiger partial charge in [-0.3, -0.25) is 4.79 Å². The summed E-state index contributed by atoms with van der Waals surface area (Å²) in [6.45, 7) is 2.44. The van der Waals surface area contributed by atoms with Gasteiger partial charge in [0.25, 0.3) is 0 Å². The van der Waals surface area contributed by atoms with Crippen molar-refractivity contribution < 1.29 is 23.8 Å². The van der Waals surface area contributed by atoms with E-state index in [1.165, 1.54) is 13.2 Å². The van der Waals surface area contributed by atoms with Crippen molar-refractivity contribution in [1.29, 1.82) is 0 Å². The molecule has 0 bridgehead atoms. The number of nitrogens with two attached hydrogens (primary N) is 1. The van der Waals surface area contributed by atoms with E-state index in [9.17, 15) is 9.59 Å². The van der Waals surface area contributed by atoms with E-state index < -0.39 is 12.2 Å². The number of carbonyl (C=O) groups excluding carboxylic acids is 2. The molecule has 8 heteroatoms. The van der Waals surface area contributed by atoms with Gasteiger partial charge in [-0.05, 0) is 73.2 Å². The lowest BCUT2D eigenvalue weighted by atomic mass is 9.97. The average molecular weight is 433 g/mol. The highest BCUT2D eigenvalue weighted by molar-refractivity contribution is 6.31. The highest BCUT2D eigenvalue weighted by Gasteiger charge is 2.28. The summed E-state index contributed by atoms with van der Waals surface area (Å²) in [5.74, 6) is 0.877. The summed E-state index contributed by atoms with van der Waals surface area (Å²) in [6.07, 6.45) is 1.19. The first-order chi connectivity index (χ1) is 14.3. The second-order valence-corrected chi connectivity index (χ2v) is 7.56. The summed E-state index contributed by atoms with van der Waals surface area (Å²) < 4.78 is 14.8. The summed E-state index contributed by atoms with van der Waals surface area (Å²) in [5.41, 5.74) is 9.74. The predicted octanol–water partition coefficient (Wildman–Crippen LogP) is 3.65. The molecule has 1 heterocycles. The highest BCUT2D eigenvalue weighted by atomic mass is 35.5. The van der Waals surface area contributed by atoms with Gasteiger partial charge >= 0.3 is 6.16 Å². The first-order valence-corrected chi connectivity index (χ1v) is 10.0. The summed E-state index contributed by atoms with van der Waals surface area (Å²) >= 11 is 6.38. The molecule has 0 aliphatic carbocycles. The molecule has 3 rings (SSSR count). The van der Waals surface area contributed by atoms with E-state index in [4.69, 9.17) is 26.8 Å². The number of halogens is 1. The Morgan fingerprint density at radius 2 is 1.97 bits per heavy atom. The SMILES string of the molecule is COC(=O)Oc1cc(C)c(C[C@@H](N)C(=O)N2CCCc3cc(OC)ccc32)c(Cl)c1. The van der Waals surface area contributed by atoms with Crippen molar-refractivity contribution in [3.63, 3.8) is 0 Å². The average Bonchev–Trinajstić information content (AvgIpc) is 2.74. The molecule has 7 nitrogen and oxygen atoms in total. The summed E-state index contributed by atoms with van der Waals surface area (Å²) in [5, 5.41) is 0.376. The number of methoxy groups -OCH3 is 2. The molecule has 2 N–H and O–H groups in total. The molecular weight excluding hydrogens is 408 g/mol. The maximum Gasteiger partial charge on any atom is 0.513 e. The molecule has 1 atom stereocenters. The van der Waals surface area contributed by atoms with Crippen LogP contribution in [0, 0.1) is 6.92 Å². The van der Waals surface area contributed by atoms with Crippen molar-refractivity contribution in [2.75, 3.05) is 25.7 Å². The Kier molecular flexibility index (Phi) is 6.84. The van der Waals surface area contributed by atoms with Crippen LogP contribution in [0.3, 0.4) is 0 Å². The van der Waals surface area contributed by atoms with Crippen LogP contribution < -0.4 is 20.1 Å². The third kappa shape index (κ3) is 4.68. The lowest BCUT2D eigenvalue weighted by Crippen LogP contribution is -2.47. The Hall–Kier alpha value is -2.77. The monoisotopic (exact) mass is 432 g/mol. The van der Waals surface area contributed by atoms with Crippen LogP contribution in [0.4, 0.5) is 10.5 Å². The Balaban J connectivity index is 1.78. The molecule has 0 fully saturated rings. The lowest BCUT2D eigenvalue weighted by molar-refractivity contribution is -0.119. The molecule has 0 radical (unpaired) electrons. The van der Waals surface area contributed by atoms with Crippen LogP contribution in [0.15, 0.2) is 30.3 Å². The maximum atomic E-state index is 13.1. The minimum Gasteiger partial charge on any atom is -0.497 e.